The number of rotatable bonds is 0. The van der Waals surface area contributed by atoms with Gasteiger partial charge in [-0.3, -0.25) is 0 Å². The molecule has 90 valence electrons. The second-order valence-corrected chi connectivity index (χ2v) is 5.53. The molecule has 1 aliphatic rings. The van der Waals surface area contributed by atoms with E-state index in [1.165, 1.54) is 5.57 Å². The van der Waals surface area contributed by atoms with E-state index in [0.717, 1.165) is 24.8 Å². The zero-order valence-corrected chi connectivity index (χ0v) is 11.0. The van der Waals surface area contributed by atoms with Gasteiger partial charge in [0.25, 0.3) is 0 Å². The van der Waals surface area contributed by atoms with Crippen molar-refractivity contribution in [3.05, 3.63) is 35.5 Å². The Morgan fingerprint density at radius 3 is 2.62 bits per heavy atom. The molecule has 0 aromatic rings. The Morgan fingerprint density at radius 2 is 1.94 bits per heavy atom. The predicted octanol–water partition coefficient (Wildman–Crippen LogP) is 4.01. The smallest absolute Gasteiger partial charge is 0.0929 e. The van der Waals surface area contributed by atoms with Crippen molar-refractivity contribution < 1.29 is 5.11 Å². The van der Waals surface area contributed by atoms with Gasteiger partial charge in [0.2, 0.25) is 0 Å². The van der Waals surface area contributed by atoms with Gasteiger partial charge in [-0.05, 0) is 44.1 Å². The first-order valence-corrected chi connectivity index (χ1v) is 6.10. The molecule has 16 heavy (non-hydrogen) atoms. The predicted molar refractivity (Wildman–Crippen MR) is 70.3 cm³/mol. The van der Waals surface area contributed by atoms with Crippen LogP contribution in [0.15, 0.2) is 35.5 Å². The summed E-state index contributed by atoms with van der Waals surface area (Å²) in [5.41, 5.74) is 2.64. The molecule has 1 aliphatic carbocycles. The van der Waals surface area contributed by atoms with Gasteiger partial charge in [0.1, 0.15) is 0 Å². The molecule has 0 saturated heterocycles. The number of allylic oxidation sites excluding steroid dienone is 4. The Morgan fingerprint density at radius 1 is 1.25 bits per heavy atom. The summed E-state index contributed by atoms with van der Waals surface area (Å²) >= 11 is 0. The van der Waals surface area contributed by atoms with Gasteiger partial charge in [-0.15, -0.1) is 0 Å². The molecule has 0 bridgehead atoms. The Labute approximate surface area is 99.6 Å². The van der Waals surface area contributed by atoms with Crippen LogP contribution in [0.1, 0.15) is 47.0 Å². The van der Waals surface area contributed by atoms with Crippen LogP contribution in [-0.4, -0.2) is 11.2 Å². The maximum Gasteiger partial charge on any atom is 0.0929 e. The Hall–Kier alpha value is -0.820. The van der Waals surface area contributed by atoms with E-state index in [1.54, 1.807) is 0 Å². The van der Waals surface area contributed by atoms with Gasteiger partial charge in [-0.25, -0.2) is 0 Å². The minimum Gasteiger partial charge on any atom is -0.385 e. The minimum absolute atomic E-state index is 0.132. The molecule has 1 heteroatoms. The first-order valence-electron chi connectivity index (χ1n) is 6.10. The van der Waals surface area contributed by atoms with Crippen molar-refractivity contribution in [2.45, 2.75) is 53.1 Å². The van der Waals surface area contributed by atoms with Crippen LogP contribution in [-0.2, 0) is 0 Å². The Balaban J connectivity index is 2.90. The normalized spacial score (nSPS) is 35.2. The van der Waals surface area contributed by atoms with E-state index in [1.807, 2.05) is 13.0 Å². The summed E-state index contributed by atoms with van der Waals surface area (Å²) in [5.74, 6) is 0. The number of aliphatic hydroxyl groups excluding tert-OH is 1. The molecule has 1 rings (SSSR count). The van der Waals surface area contributed by atoms with E-state index < -0.39 is 6.10 Å². The summed E-state index contributed by atoms with van der Waals surface area (Å²) in [6.45, 7) is 8.60. The molecule has 0 heterocycles. The standard InChI is InChI=1S/C15H24O/c1-12-6-5-7-13(2)14(16)9-11-15(3,4)10-8-12/h7-9,11,14,16H,5-6,10H2,1-4H3/b11-9+,12-8+,13-7+/t14-/m0/s1. The molecular formula is C15H24O. The van der Waals surface area contributed by atoms with Crippen LogP contribution in [0.4, 0.5) is 0 Å². The Kier molecular flexibility index (Phi) is 4.55. The monoisotopic (exact) mass is 220 g/mol. The maximum atomic E-state index is 9.92. The van der Waals surface area contributed by atoms with E-state index in [2.05, 4.69) is 39.0 Å². The van der Waals surface area contributed by atoms with Crippen molar-refractivity contribution in [2.24, 2.45) is 5.41 Å². The average Bonchev–Trinajstić information content (AvgIpc) is 2.23. The zero-order chi connectivity index (χ0) is 12.2. The van der Waals surface area contributed by atoms with E-state index in [-0.39, 0.29) is 5.41 Å². The average molecular weight is 220 g/mol. The highest BCUT2D eigenvalue weighted by Gasteiger charge is 2.13. The fourth-order valence-electron chi connectivity index (χ4n) is 1.76. The van der Waals surface area contributed by atoms with E-state index >= 15 is 0 Å². The van der Waals surface area contributed by atoms with Crippen LogP contribution in [0.2, 0.25) is 0 Å². The van der Waals surface area contributed by atoms with E-state index in [9.17, 15) is 5.11 Å². The summed E-state index contributed by atoms with van der Waals surface area (Å²) in [7, 11) is 0. The molecule has 1 atom stereocenters. The number of hydrogen-bond acceptors (Lipinski definition) is 1. The molecule has 0 aromatic carbocycles. The largest absolute Gasteiger partial charge is 0.385 e. The van der Waals surface area contributed by atoms with Crippen molar-refractivity contribution in [3.8, 4) is 0 Å². The summed E-state index contributed by atoms with van der Waals surface area (Å²) in [6.07, 6.45) is 11.3. The lowest BCUT2D eigenvalue weighted by Gasteiger charge is -2.19. The summed E-state index contributed by atoms with van der Waals surface area (Å²) in [6, 6.07) is 0. The van der Waals surface area contributed by atoms with E-state index in [4.69, 9.17) is 0 Å². The molecule has 1 N–H and O–H groups in total. The highest BCUT2D eigenvalue weighted by Crippen LogP contribution is 2.25. The summed E-state index contributed by atoms with van der Waals surface area (Å²) < 4.78 is 0. The third kappa shape index (κ3) is 4.36. The lowest BCUT2D eigenvalue weighted by Crippen LogP contribution is -2.09. The molecule has 0 unspecified atom stereocenters. The minimum atomic E-state index is -0.419. The van der Waals surface area contributed by atoms with Crippen LogP contribution in [0, 0.1) is 5.41 Å². The van der Waals surface area contributed by atoms with Crippen molar-refractivity contribution >= 4 is 0 Å². The molecule has 0 fully saturated rings. The first kappa shape index (κ1) is 13.2. The highest BCUT2D eigenvalue weighted by atomic mass is 16.3. The lowest BCUT2D eigenvalue weighted by atomic mass is 9.87. The van der Waals surface area contributed by atoms with Crippen LogP contribution < -0.4 is 0 Å². The Bertz CT molecular complexity index is 318. The third-order valence-corrected chi connectivity index (χ3v) is 3.18. The molecule has 0 aromatic heterocycles. The molecule has 0 amide bonds. The van der Waals surface area contributed by atoms with Crippen molar-refractivity contribution in [1.82, 2.24) is 0 Å². The molecule has 1 nitrogen and oxygen atoms in total. The fourth-order valence-corrected chi connectivity index (χ4v) is 1.76. The fraction of sp³-hybridized carbons (Fsp3) is 0.600. The number of aliphatic hydroxyl groups is 1. The van der Waals surface area contributed by atoms with Gasteiger partial charge >= 0.3 is 0 Å². The van der Waals surface area contributed by atoms with Gasteiger partial charge in [-0.1, -0.05) is 43.7 Å². The van der Waals surface area contributed by atoms with Crippen molar-refractivity contribution in [2.75, 3.05) is 0 Å². The highest BCUT2D eigenvalue weighted by molar-refractivity contribution is 5.16. The molecule has 0 radical (unpaired) electrons. The summed E-state index contributed by atoms with van der Waals surface area (Å²) in [4.78, 5) is 0. The van der Waals surface area contributed by atoms with Crippen LogP contribution in [0.5, 0.6) is 0 Å². The van der Waals surface area contributed by atoms with Gasteiger partial charge in [0, 0.05) is 0 Å². The second-order valence-electron chi connectivity index (χ2n) is 5.53. The van der Waals surface area contributed by atoms with Gasteiger partial charge in [0.15, 0.2) is 0 Å². The summed E-state index contributed by atoms with van der Waals surface area (Å²) in [5, 5.41) is 9.92. The van der Waals surface area contributed by atoms with Crippen LogP contribution in [0.3, 0.4) is 0 Å². The van der Waals surface area contributed by atoms with Crippen LogP contribution >= 0.6 is 0 Å². The quantitative estimate of drug-likeness (QED) is 0.612. The lowest BCUT2D eigenvalue weighted by molar-refractivity contribution is 0.256. The SMILES string of the molecule is C/C1=C\CC(C)(C)/C=C/[C@H](O)/C(C)=C/CC1. The maximum absolute atomic E-state index is 9.92. The third-order valence-electron chi connectivity index (χ3n) is 3.18. The topological polar surface area (TPSA) is 20.2 Å². The molecule has 0 aliphatic heterocycles. The molecule has 0 spiro atoms. The van der Waals surface area contributed by atoms with Crippen molar-refractivity contribution in [1.29, 1.82) is 0 Å². The van der Waals surface area contributed by atoms with Crippen LogP contribution in [0.25, 0.3) is 0 Å². The van der Waals surface area contributed by atoms with Gasteiger partial charge in [0.05, 0.1) is 6.10 Å². The van der Waals surface area contributed by atoms with Gasteiger partial charge in [-0.2, -0.15) is 0 Å². The van der Waals surface area contributed by atoms with Crippen molar-refractivity contribution in [3.63, 3.8) is 0 Å². The van der Waals surface area contributed by atoms with E-state index in [0.29, 0.717) is 0 Å². The molecular weight excluding hydrogens is 196 g/mol. The van der Waals surface area contributed by atoms with Gasteiger partial charge < -0.3 is 5.11 Å². The number of hydrogen-bond donors (Lipinski definition) is 1. The second kappa shape index (κ2) is 5.49. The zero-order valence-electron chi connectivity index (χ0n) is 11.0. The molecule has 0 saturated carbocycles. The first-order chi connectivity index (χ1) is 7.41.